The van der Waals surface area contributed by atoms with Crippen LogP contribution >= 0.6 is 0 Å². The number of hydrogen-bond donors (Lipinski definition) is 1. The first-order chi connectivity index (χ1) is 7.08. The molecule has 15 heavy (non-hydrogen) atoms. The lowest BCUT2D eigenvalue weighted by Crippen LogP contribution is -2.45. The van der Waals surface area contributed by atoms with Crippen molar-refractivity contribution in [3.63, 3.8) is 0 Å². The van der Waals surface area contributed by atoms with Crippen molar-refractivity contribution in [2.24, 2.45) is 17.6 Å². The summed E-state index contributed by atoms with van der Waals surface area (Å²) in [6.07, 6.45) is 4.40. The maximum absolute atomic E-state index is 8.99. The Labute approximate surface area is 92.6 Å². The Balaban J connectivity index is 2.10. The normalized spacial score (nSPS) is 19.9. The van der Waals surface area contributed by atoms with Gasteiger partial charge in [-0.15, -0.1) is 0 Å². The Kier molecular flexibility index (Phi) is 4.56. The zero-order chi connectivity index (χ0) is 11.3. The van der Waals surface area contributed by atoms with E-state index in [9.17, 15) is 0 Å². The smallest absolute Gasteiger partial charge is 0.130 e. The van der Waals surface area contributed by atoms with Gasteiger partial charge in [0.1, 0.15) is 5.54 Å². The second-order valence-electron chi connectivity index (χ2n) is 5.02. The summed E-state index contributed by atoms with van der Waals surface area (Å²) in [7, 11) is 0. The Morgan fingerprint density at radius 3 is 2.67 bits per heavy atom. The van der Waals surface area contributed by atoms with Crippen LogP contribution in [0.4, 0.5) is 0 Å². The summed E-state index contributed by atoms with van der Waals surface area (Å²) in [5.41, 5.74) is 5.23. The third-order valence-corrected chi connectivity index (χ3v) is 2.93. The van der Waals surface area contributed by atoms with E-state index in [4.69, 9.17) is 15.7 Å². The van der Waals surface area contributed by atoms with Gasteiger partial charge in [0.05, 0.1) is 12.7 Å². The second kappa shape index (κ2) is 5.48. The van der Waals surface area contributed by atoms with Gasteiger partial charge in [0.15, 0.2) is 0 Å². The van der Waals surface area contributed by atoms with Crippen molar-refractivity contribution in [2.75, 3.05) is 13.2 Å². The van der Waals surface area contributed by atoms with Gasteiger partial charge in [0.25, 0.3) is 0 Å². The number of rotatable bonds is 7. The molecule has 0 heterocycles. The highest BCUT2D eigenvalue weighted by atomic mass is 16.5. The van der Waals surface area contributed by atoms with Gasteiger partial charge in [-0.3, -0.25) is 0 Å². The monoisotopic (exact) mass is 210 g/mol. The fourth-order valence-corrected chi connectivity index (χ4v) is 1.67. The molecule has 2 N–H and O–H groups in total. The Morgan fingerprint density at radius 2 is 2.20 bits per heavy atom. The molecule has 0 aliphatic heterocycles. The molecule has 0 bridgehead atoms. The highest BCUT2D eigenvalue weighted by Gasteiger charge is 2.42. The van der Waals surface area contributed by atoms with E-state index in [0.717, 1.165) is 31.8 Å². The van der Waals surface area contributed by atoms with Crippen molar-refractivity contribution in [2.45, 2.75) is 45.1 Å². The van der Waals surface area contributed by atoms with Gasteiger partial charge in [0.2, 0.25) is 0 Å². The van der Waals surface area contributed by atoms with Crippen molar-refractivity contribution < 1.29 is 4.74 Å². The Morgan fingerprint density at radius 1 is 1.53 bits per heavy atom. The van der Waals surface area contributed by atoms with Gasteiger partial charge in [-0.25, -0.2) is 0 Å². The van der Waals surface area contributed by atoms with E-state index in [0.29, 0.717) is 12.5 Å². The minimum Gasteiger partial charge on any atom is -0.378 e. The summed E-state index contributed by atoms with van der Waals surface area (Å²) < 4.78 is 5.49. The highest BCUT2D eigenvalue weighted by molar-refractivity contribution is 5.13. The lowest BCUT2D eigenvalue weighted by Gasteiger charge is -2.20. The minimum absolute atomic E-state index is 0.368. The standard InChI is InChI=1S/C12H22N2O/c1-10(2)4-3-7-15-9-12(14,8-13)11-5-6-11/h10-11H,3-7,9,14H2,1-2H3. The first-order valence-electron chi connectivity index (χ1n) is 5.86. The van der Waals surface area contributed by atoms with Crippen LogP contribution in [0.15, 0.2) is 0 Å². The molecule has 0 saturated heterocycles. The zero-order valence-electron chi connectivity index (χ0n) is 9.83. The van der Waals surface area contributed by atoms with E-state index in [1.165, 1.54) is 6.42 Å². The molecule has 1 fully saturated rings. The summed E-state index contributed by atoms with van der Waals surface area (Å²) in [6, 6.07) is 2.19. The van der Waals surface area contributed by atoms with Gasteiger partial charge in [-0.05, 0) is 37.5 Å². The predicted octanol–water partition coefficient (Wildman–Crippen LogP) is 2.07. The van der Waals surface area contributed by atoms with Crippen molar-refractivity contribution in [3.8, 4) is 6.07 Å². The Bertz CT molecular complexity index is 230. The maximum Gasteiger partial charge on any atom is 0.130 e. The molecule has 1 unspecified atom stereocenters. The van der Waals surface area contributed by atoms with E-state index in [-0.39, 0.29) is 0 Å². The van der Waals surface area contributed by atoms with E-state index in [1.54, 1.807) is 0 Å². The van der Waals surface area contributed by atoms with Crippen LogP contribution in [0.5, 0.6) is 0 Å². The molecule has 0 aromatic rings. The average Bonchev–Trinajstić information content (AvgIpc) is 3.00. The van der Waals surface area contributed by atoms with Gasteiger partial charge < -0.3 is 10.5 Å². The molecule has 1 rings (SSSR count). The molecule has 0 radical (unpaired) electrons. The van der Waals surface area contributed by atoms with E-state index < -0.39 is 5.54 Å². The number of ether oxygens (including phenoxy) is 1. The third-order valence-electron chi connectivity index (χ3n) is 2.93. The molecule has 3 nitrogen and oxygen atoms in total. The topological polar surface area (TPSA) is 59.0 Å². The molecule has 0 amide bonds. The lowest BCUT2D eigenvalue weighted by molar-refractivity contribution is 0.0911. The lowest BCUT2D eigenvalue weighted by atomic mass is 9.98. The molecule has 0 aromatic carbocycles. The molecular weight excluding hydrogens is 188 g/mol. The average molecular weight is 210 g/mol. The van der Waals surface area contributed by atoms with E-state index in [2.05, 4.69) is 19.9 Å². The summed E-state index contributed by atoms with van der Waals surface area (Å²) >= 11 is 0. The number of nitriles is 1. The number of nitrogens with two attached hydrogens (primary N) is 1. The van der Waals surface area contributed by atoms with Crippen molar-refractivity contribution in [1.29, 1.82) is 5.26 Å². The summed E-state index contributed by atoms with van der Waals surface area (Å²) in [5, 5.41) is 8.99. The summed E-state index contributed by atoms with van der Waals surface area (Å²) in [5.74, 6) is 1.09. The van der Waals surface area contributed by atoms with Crippen LogP contribution in [0.3, 0.4) is 0 Å². The molecule has 0 spiro atoms. The first-order valence-corrected chi connectivity index (χ1v) is 5.86. The van der Waals surface area contributed by atoms with Crippen LogP contribution in [0.1, 0.15) is 39.5 Å². The van der Waals surface area contributed by atoms with Crippen molar-refractivity contribution in [1.82, 2.24) is 0 Å². The van der Waals surface area contributed by atoms with E-state index in [1.807, 2.05) is 0 Å². The minimum atomic E-state index is -0.724. The van der Waals surface area contributed by atoms with Crippen molar-refractivity contribution in [3.05, 3.63) is 0 Å². The summed E-state index contributed by atoms with van der Waals surface area (Å²) in [6.45, 7) is 5.52. The molecule has 1 atom stereocenters. The zero-order valence-corrected chi connectivity index (χ0v) is 9.83. The molecule has 0 aromatic heterocycles. The maximum atomic E-state index is 8.99. The third kappa shape index (κ3) is 4.19. The van der Waals surface area contributed by atoms with Crippen LogP contribution in [0.25, 0.3) is 0 Å². The quantitative estimate of drug-likeness (QED) is 0.654. The SMILES string of the molecule is CC(C)CCCOCC(N)(C#N)C1CC1. The van der Waals surface area contributed by atoms with Gasteiger partial charge in [-0.1, -0.05) is 13.8 Å². The molecule has 86 valence electrons. The highest BCUT2D eigenvalue weighted by Crippen LogP contribution is 2.38. The molecular formula is C12H22N2O. The van der Waals surface area contributed by atoms with Crippen LogP contribution in [-0.4, -0.2) is 18.8 Å². The molecule has 1 aliphatic rings. The van der Waals surface area contributed by atoms with Crippen LogP contribution in [0, 0.1) is 23.2 Å². The predicted molar refractivity (Wildman–Crippen MR) is 60.1 cm³/mol. The summed E-state index contributed by atoms with van der Waals surface area (Å²) in [4.78, 5) is 0. The van der Waals surface area contributed by atoms with Gasteiger partial charge >= 0.3 is 0 Å². The second-order valence-corrected chi connectivity index (χ2v) is 5.02. The number of hydrogen-bond acceptors (Lipinski definition) is 3. The van der Waals surface area contributed by atoms with Crippen LogP contribution in [-0.2, 0) is 4.74 Å². The molecule has 3 heteroatoms. The molecule has 1 saturated carbocycles. The van der Waals surface area contributed by atoms with Gasteiger partial charge in [0, 0.05) is 6.61 Å². The number of nitrogens with zero attached hydrogens (tertiary/aromatic N) is 1. The van der Waals surface area contributed by atoms with Crippen molar-refractivity contribution >= 4 is 0 Å². The fraction of sp³-hybridized carbons (Fsp3) is 0.917. The van der Waals surface area contributed by atoms with Crippen LogP contribution < -0.4 is 5.73 Å². The largest absolute Gasteiger partial charge is 0.378 e. The fourth-order valence-electron chi connectivity index (χ4n) is 1.67. The molecule has 1 aliphatic carbocycles. The van der Waals surface area contributed by atoms with Gasteiger partial charge in [-0.2, -0.15) is 5.26 Å². The van der Waals surface area contributed by atoms with E-state index >= 15 is 0 Å². The Hall–Kier alpha value is -0.590. The van der Waals surface area contributed by atoms with Crippen LogP contribution in [0.2, 0.25) is 0 Å². The first kappa shape index (κ1) is 12.5.